The van der Waals surface area contributed by atoms with Crippen LogP contribution in [0.1, 0.15) is 63.3 Å². The second-order valence-electron chi connectivity index (χ2n) is 12.0. The average Bonchev–Trinajstić information content (AvgIpc) is 2.93. The Morgan fingerprint density at radius 3 is 2.05 bits per heavy atom. The number of sulfonamides is 1. The highest BCUT2D eigenvalue weighted by molar-refractivity contribution is 7.92. The van der Waals surface area contributed by atoms with Gasteiger partial charge in [-0.1, -0.05) is 94.4 Å². The SMILES string of the molecule is CC[C@H](C)NC(=O)[C@@H](Cc1ccccc1)N(Cc1ccccc1C)C(=O)CN(c1ccc(C(C)(C)C)cc1)S(C)(=O)=O. The van der Waals surface area contributed by atoms with Crippen LogP contribution in [0.15, 0.2) is 78.9 Å². The van der Waals surface area contributed by atoms with Crippen LogP contribution in [-0.2, 0) is 38.0 Å². The number of amides is 2. The van der Waals surface area contributed by atoms with Crippen molar-refractivity contribution in [3.63, 3.8) is 0 Å². The molecule has 2 amide bonds. The normalized spacial score (nSPS) is 13.2. The number of carbonyl (C=O) groups excluding carboxylic acids is 2. The molecule has 0 aromatic heterocycles. The van der Waals surface area contributed by atoms with Crippen LogP contribution in [0.5, 0.6) is 0 Å². The van der Waals surface area contributed by atoms with Crippen molar-refractivity contribution in [3.8, 4) is 0 Å². The third-order valence-electron chi connectivity index (χ3n) is 7.57. The summed E-state index contributed by atoms with van der Waals surface area (Å²) in [4.78, 5) is 29.6. The third-order valence-corrected chi connectivity index (χ3v) is 8.72. The van der Waals surface area contributed by atoms with E-state index in [9.17, 15) is 18.0 Å². The first kappa shape index (κ1) is 32.9. The molecule has 7 nitrogen and oxygen atoms in total. The maximum absolute atomic E-state index is 14.2. The van der Waals surface area contributed by atoms with Gasteiger partial charge in [-0.15, -0.1) is 0 Å². The Balaban J connectivity index is 2.07. The largest absolute Gasteiger partial charge is 0.352 e. The first-order valence-corrected chi connectivity index (χ1v) is 16.3. The zero-order valence-corrected chi connectivity index (χ0v) is 26.7. The second-order valence-corrected chi connectivity index (χ2v) is 13.9. The minimum Gasteiger partial charge on any atom is -0.352 e. The number of nitrogens with zero attached hydrogens (tertiary/aromatic N) is 2. The van der Waals surface area contributed by atoms with Gasteiger partial charge in [-0.25, -0.2) is 8.42 Å². The fourth-order valence-corrected chi connectivity index (χ4v) is 5.56. The molecule has 226 valence electrons. The fourth-order valence-electron chi connectivity index (χ4n) is 4.71. The molecule has 0 spiro atoms. The summed E-state index contributed by atoms with van der Waals surface area (Å²) in [5.74, 6) is -0.723. The standard InChI is InChI=1S/C34H45N3O4S/c1-8-26(3)35-33(39)31(22-27-15-10-9-11-16-27)36(23-28-17-13-12-14-25(28)2)32(38)24-37(42(7,40)41)30-20-18-29(19-21-30)34(4,5)6/h9-21,26,31H,8,22-24H2,1-7H3,(H,35,39)/t26-,31+/m0/s1. The van der Waals surface area contributed by atoms with Crippen molar-refractivity contribution in [2.75, 3.05) is 17.1 Å². The third kappa shape index (κ3) is 8.92. The van der Waals surface area contributed by atoms with Crippen LogP contribution < -0.4 is 9.62 Å². The zero-order valence-electron chi connectivity index (χ0n) is 25.9. The first-order chi connectivity index (χ1) is 19.7. The Labute approximate surface area is 252 Å². The number of rotatable bonds is 12. The smallest absolute Gasteiger partial charge is 0.244 e. The van der Waals surface area contributed by atoms with Gasteiger partial charge >= 0.3 is 0 Å². The van der Waals surface area contributed by atoms with Crippen molar-refractivity contribution in [2.24, 2.45) is 0 Å². The summed E-state index contributed by atoms with van der Waals surface area (Å²) in [6.07, 6.45) is 2.13. The molecule has 1 N–H and O–H groups in total. The lowest BCUT2D eigenvalue weighted by atomic mass is 9.87. The highest BCUT2D eigenvalue weighted by Crippen LogP contribution is 2.26. The number of carbonyl (C=O) groups is 2. The van der Waals surface area contributed by atoms with E-state index < -0.39 is 28.5 Å². The van der Waals surface area contributed by atoms with Crippen molar-refractivity contribution in [1.29, 1.82) is 0 Å². The summed E-state index contributed by atoms with van der Waals surface area (Å²) in [6, 6.07) is 23.6. The van der Waals surface area contributed by atoms with Gasteiger partial charge in [-0.05, 0) is 60.1 Å². The van der Waals surface area contributed by atoms with Crippen LogP contribution >= 0.6 is 0 Å². The maximum atomic E-state index is 14.2. The van der Waals surface area contributed by atoms with Crippen LogP contribution in [0.2, 0.25) is 0 Å². The van der Waals surface area contributed by atoms with Gasteiger partial charge in [0.2, 0.25) is 21.8 Å². The van der Waals surface area contributed by atoms with Crippen molar-refractivity contribution in [3.05, 3.63) is 101 Å². The Hall–Kier alpha value is -3.65. The van der Waals surface area contributed by atoms with Gasteiger partial charge in [-0.3, -0.25) is 13.9 Å². The summed E-state index contributed by atoms with van der Waals surface area (Å²) in [5.41, 5.74) is 4.12. The molecule has 0 aliphatic heterocycles. The number of aryl methyl sites for hydroxylation is 1. The van der Waals surface area contributed by atoms with E-state index in [-0.39, 0.29) is 23.9 Å². The van der Waals surface area contributed by atoms with E-state index in [0.717, 1.165) is 39.2 Å². The molecule has 0 aliphatic rings. The monoisotopic (exact) mass is 591 g/mol. The molecule has 0 radical (unpaired) electrons. The Bertz CT molecular complexity index is 1450. The van der Waals surface area contributed by atoms with Crippen molar-refractivity contribution in [2.45, 2.75) is 78.4 Å². The van der Waals surface area contributed by atoms with E-state index in [0.29, 0.717) is 12.1 Å². The van der Waals surface area contributed by atoms with E-state index in [4.69, 9.17) is 0 Å². The molecular weight excluding hydrogens is 546 g/mol. The molecule has 0 unspecified atom stereocenters. The summed E-state index contributed by atoms with van der Waals surface area (Å²) < 4.78 is 27.2. The van der Waals surface area contributed by atoms with E-state index in [2.05, 4.69) is 26.1 Å². The Morgan fingerprint density at radius 1 is 0.905 bits per heavy atom. The fraction of sp³-hybridized carbons (Fsp3) is 0.412. The molecule has 0 saturated carbocycles. The molecule has 2 atom stereocenters. The lowest BCUT2D eigenvalue weighted by molar-refractivity contribution is -0.140. The average molecular weight is 592 g/mol. The minimum absolute atomic E-state index is 0.0833. The van der Waals surface area contributed by atoms with Crippen molar-refractivity contribution >= 4 is 27.5 Å². The Kier molecular flexibility index (Phi) is 11.0. The second kappa shape index (κ2) is 14.0. The van der Waals surface area contributed by atoms with Gasteiger partial charge in [0.25, 0.3) is 0 Å². The summed E-state index contributed by atoms with van der Waals surface area (Å²) in [6.45, 7) is 11.9. The summed E-state index contributed by atoms with van der Waals surface area (Å²) in [5, 5.41) is 3.06. The van der Waals surface area contributed by atoms with Crippen LogP contribution in [0.4, 0.5) is 5.69 Å². The molecule has 0 bridgehead atoms. The quantitative estimate of drug-likeness (QED) is 0.297. The molecule has 8 heteroatoms. The Morgan fingerprint density at radius 2 is 1.50 bits per heavy atom. The summed E-state index contributed by atoms with van der Waals surface area (Å²) >= 11 is 0. The predicted octanol–water partition coefficient (Wildman–Crippen LogP) is 5.61. The molecule has 0 aliphatic carbocycles. The predicted molar refractivity (Wildman–Crippen MR) is 171 cm³/mol. The van der Waals surface area contributed by atoms with Gasteiger partial charge in [0, 0.05) is 19.0 Å². The topological polar surface area (TPSA) is 86.8 Å². The number of hydrogen-bond donors (Lipinski definition) is 1. The van der Waals surface area contributed by atoms with E-state index in [1.165, 1.54) is 4.90 Å². The molecule has 0 fully saturated rings. The zero-order chi connectivity index (χ0) is 31.1. The molecule has 3 rings (SSSR count). The number of hydrogen-bond acceptors (Lipinski definition) is 4. The summed E-state index contributed by atoms with van der Waals surface area (Å²) in [7, 11) is -3.82. The number of anilines is 1. The molecule has 3 aromatic rings. The van der Waals surface area contributed by atoms with Gasteiger partial charge in [0.15, 0.2) is 0 Å². The molecular formula is C34H45N3O4S. The van der Waals surface area contributed by atoms with Gasteiger partial charge in [0.1, 0.15) is 12.6 Å². The molecule has 3 aromatic carbocycles. The highest BCUT2D eigenvalue weighted by atomic mass is 32.2. The molecule has 42 heavy (non-hydrogen) atoms. The van der Waals surface area contributed by atoms with E-state index in [1.807, 2.05) is 87.5 Å². The van der Waals surface area contributed by atoms with Crippen molar-refractivity contribution in [1.82, 2.24) is 10.2 Å². The van der Waals surface area contributed by atoms with Crippen LogP contribution in [0.3, 0.4) is 0 Å². The minimum atomic E-state index is -3.82. The van der Waals surface area contributed by atoms with Gasteiger partial charge in [-0.2, -0.15) is 0 Å². The molecule has 0 saturated heterocycles. The maximum Gasteiger partial charge on any atom is 0.244 e. The van der Waals surface area contributed by atoms with Crippen molar-refractivity contribution < 1.29 is 18.0 Å². The lowest BCUT2D eigenvalue weighted by Crippen LogP contribution is -2.54. The number of benzene rings is 3. The van der Waals surface area contributed by atoms with Gasteiger partial charge < -0.3 is 10.2 Å². The lowest BCUT2D eigenvalue weighted by Gasteiger charge is -2.34. The van der Waals surface area contributed by atoms with E-state index >= 15 is 0 Å². The highest BCUT2D eigenvalue weighted by Gasteiger charge is 2.33. The van der Waals surface area contributed by atoms with Crippen LogP contribution in [0, 0.1) is 6.92 Å². The van der Waals surface area contributed by atoms with Crippen LogP contribution in [-0.4, -0.2) is 50.0 Å². The first-order valence-electron chi connectivity index (χ1n) is 14.5. The van der Waals surface area contributed by atoms with E-state index in [1.54, 1.807) is 12.1 Å². The van der Waals surface area contributed by atoms with Gasteiger partial charge in [0.05, 0.1) is 11.9 Å². The molecule has 0 heterocycles. The number of nitrogens with one attached hydrogen (secondary N) is 1. The van der Waals surface area contributed by atoms with Crippen LogP contribution in [0.25, 0.3) is 0 Å².